The molecular weight excluding hydrogens is 204 g/mol. The number of hydrogen-bond donors (Lipinski definition) is 3. The molecule has 0 atom stereocenters. The fourth-order valence-corrected chi connectivity index (χ4v) is 1.80. The zero-order chi connectivity index (χ0) is 12.5. The van der Waals surface area contributed by atoms with Crippen molar-refractivity contribution in [2.45, 2.75) is 40.5 Å². The van der Waals surface area contributed by atoms with Crippen molar-refractivity contribution >= 4 is 0 Å². The van der Waals surface area contributed by atoms with Crippen molar-refractivity contribution < 1.29 is 15.3 Å². The van der Waals surface area contributed by atoms with E-state index in [9.17, 15) is 10.2 Å². The Morgan fingerprint density at radius 3 is 1.94 bits per heavy atom. The van der Waals surface area contributed by atoms with Gasteiger partial charge in [-0.1, -0.05) is 0 Å². The van der Waals surface area contributed by atoms with Crippen molar-refractivity contribution in [3.05, 3.63) is 28.4 Å². The highest BCUT2D eigenvalue weighted by Crippen LogP contribution is 2.37. The first-order chi connectivity index (χ1) is 7.36. The molecule has 1 aromatic rings. The molecule has 3 heteroatoms. The van der Waals surface area contributed by atoms with Crippen LogP contribution in [0.25, 0.3) is 0 Å². The van der Waals surface area contributed by atoms with Crippen molar-refractivity contribution in [2.24, 2.45) is 0 Å². The van der Waals surface area contributed by atoms with E-state index in [4.69, 9.17) is 5.11 Å². The van der Waals surface area contributed by atoms with E-state index in [0.29, 0.717) is 41.2 Å². The third-order valence-electron chi connectivity index (χ3n) is 3.10. The van der Waals surface area contributed by atoms with E-state index in [1.807, 2.05) is 0 Å². The van der Waals surface area contributed by atoms with E-state index in [-0.39, 0.29) is 11.5 Å². The first-order valence-corrected chi connectivity index (χ1v) is 5.38. The lowest BCUT2D eigenvalue weighted by Crippen LogP contribution is -1.99. The largest absolute Gasteiger partial charge is 0.507 e. The summed E-state index contributed by atoms with van der Waals surface area (Å²) in [5.74, 6) is 0.468. The van der Waals surface area contributed by atoms with E-state index in [2.05, 4.69) is 0 Å². The third-order valence-corrected chi connectivity index (χ3v) is 3.10. The van der Waals surface area contributed by atoms with Crippen molar-refractivity contribution in [2.75, 3.05) is 0 Å². The molecule has 0 heterocycles. The summed E-state index contributed by atoms with van der Waals surface area (Å²) >= 11 is 0. The van der Waals surface area contributed by atoms with Gasteiger partial charge in [-0.2, -0.15) is 0 Å². The maximum absolute atomic E-state index is 9.99. The predicted octanol–water partition coefficient (Wildman–Crippen LogP) is 2.88. The van der Waals surface area contributed by atoms with Gasteiger partial charge in [-0.3, -0.25) is 0 Å². The second-order valence-electron chi connectivity index (χ2n) is 4.29. The number of phenols is 2. The fraction of sp³-hybridized carbons (Fsp3) is 0.462. The van der Waals surface area contributed by atoms with Crippen molar-refractivity contribution in [3.63, 3.8) is 0 Å². The summed E-state index contributed by atoms with van der Waals surface area (Å²) < 4.78 is 0. The molecule has 0 spiro atoms. The first-order valence-electron chi connectivity index (χ1n) is 5.38. The quantitative estimate of drug-likeness (QED) is 0.690. The smallest absolute Gasteiger partial charge is 0.122 e. The normalized spacial score (nSPS) is 11.1. The van der Waals surface area contributed by atoms with E-state index in [1.165, 1.54) is 0 Å². The fourth-order valence-electron chi connectivity index (χ4n) is 1.80. The molecule has 1 radical (unpaired) electrons. The van der Waals surface area contributed by atoms with Gasteiger partial charge in [-0.25, -0.2) is 0 Å². The Balaban J connectivity index is 3.18. The minimum Gasteiger partial charge on any atom is -0.507 e. The number of aromatic hydroxyl groups is 2. The highest BCUT2D eigenvalue weighted by Gasteiger charge is 2.16. The Kier molecular flexibility index (Phi) is 3.81. The lowest BCUT2D eigenvalue weighted by Gasteiger charge is -2.16. The molecule has 0 aliphatic rings. The van der Waals surface area contributed by atoms with Gasteiger partial charge in [0.25, 0.3) is 0 Å². The lowest BCUT2D eigenvalue weighted by atomic mass is 9.94. The van der Waals surface area contributed by atoms with Gasteiger partial charge < -0.3 is 15.3 Å². The number of aliphatic hydroxyl groups excluding tert-OH is 1. The van der Waals surface area contributed by atoms with Crippen LogP contribution in [-0.4, -0.2) is 15.3 Å². The Labute approximate surface area is 96.4 Å². The van der Waals surface area contributed by atoms with Crippen LogP contribution < -0.4 is 0 Å². The molecule has 0 aromatic heterocycles. The molecule has 0 unspecified atom stereocenters. The molecule has 1 rings (SSSR count). The summed E-state index contributed by atoms with van der Waals surface area (Å²) in [6, 6.07) is 0. The van der Waals surface area contributed by atoms with Crippen LogP contribution in [0.4, 0.5) is 0 Å². The van der Waals surface area contributed by atoms with Crippen molar-refractivity contribution in [1.82, 2.24) is 0 Å². The standard InChI is InChI=1S/C13H19O3/c1-7(14)5-6-11-10(4)12(15)8(2)9(3)13(11)16/h14-16H,5-6H2,1-4H3. The van der Waals surface area contributed by atoms with Crippen molar-refractivity contribution in [1.29, 1.82) is 0 Å². The van der Waals surface area contributed by atoms with E-state index in [1.54, 1.807) is 27.7 Å². The van der Waals surface area contributed by atoms with Gasteiger partial charge in [0.15, 0.2) is 0 Å². The highest BCUT2D eigenvalue weighted by atomic mass is 16.3. The van der Waals surface area contributed by atoms with Crippen LogP contribution in [0.2, 0.25) is 0 Å². The SMILES string of the molecule is C[C](O)CCc1c(C)c(O)c(C)c(C)c1O. The molecular formula is C13H19O3. The Morgan fingerprint density at radius 2 is 1.44 bits per heavy atom. The second-order valence-corrected chi connectivity index (χ2v) is 4.29. The molecule has 0 saturated carbocycles. The number of aliphatic hydroxyl groups is 1. The van der Waals surface area contributed by atoms with Crippen LogP contribution in [0.5, 0.6) is 11.5 Å². The maximum atomic E-state index is 9.99. The maximum Gasteiger partial charge on any atom is 0.122 e. The van der Waals surface area contributed by atoms with Gasteiger partial charge in [-0.05, 0) is 57.2 Å². The molecule has 0 aliphatic carbocycles. The van der Waals surface area contributed by atoms with E-state index < -0.39 is 0 Å². The lowest BCUT2D eigenvalue weighted by molar-refractivity contribution is 0.295. The van der Waals surface area contributed by atoms with Crippen LogP contribution in [0.3, 0.4) is 0 Å². The number of hydrogen-bond acceptors (Lipinski definition) is 3. The minimum atomic E-state index is 0.231. The zero-order valence-electron chi connectivity index (χ0n) is 10.3. The number of phenolic OH excluding ortho intramolecular Hbond substituents is 2. The number of rotatable bonds is 3. The van der Waals surface area contributed by atoms with Gasteiger partial charge in [0.05, 0.1) is 6.10 Å². The van der Waals surface area contributed by atoms with Crippen LogP contribution in [0.15, 0.2) is 0 Å². The van der Waals surface area contributed by atoms with Crippen LogP contribution in [0, 0.1) is 26.9 Å². The summed E-state index contributed by atoms with van der Waals surface area (Å²) in [6.07, 6.45) is 1.36. The third kappa shape index (κ3) is 2.30. The molecule has 3 N–H and O–H groups in total. The molecule has 16 heavy (non-hydrogen) atoms. The van der Waals surface area contributed by atoms with Crippen LogP contribution in [0.1, 0.15) is 35.6 Å². The second kappa shape index (κ2) is 4.74. The Morgan fingerprint density at radius 1 is 0.938 bits per heavy atom. The summed E-state index contributed by atoms with van der Waals surface area (Å²) in [6.45, 7) is 6.98. The number of benzene rings is 1. The molecule has 0 bridgehead atoms. The van der Waals surface area contributed by atoms with Gasteiger partial charge in [0.1, 0.15) is 11.5 Å². The summed E-state index contributed by atoms with van der Waals surface area (Å²) in [4.78, 5) is 0. The van der Waals surface area contributed by atoms with Gasteiger partial charge >= 0.3 is 0 Å². The van der Waals surface area contributed by atoms with Crippen molar-refractivity contribution in [3.8, 4) is 11.5 Å². The molecule has 1 aromatic carbocycles. The first kappa shape index (κ1) is 12.8. The summed E-state index contributed by atoms with van der Waals surface area (Å²) in [7, 11) is 0. The molecule has 0 amide bonds. The predicted molar refractivity (Wildman–Crippen MR) is 63.2 cm³/mol. The average Bonchev–Trinajstić information content (AvgIpc) is 2.23. The van der Waals surface area contributed by atoms with Crippen LogP contribution >= 0.6 is 0 Å². The monoisotopic (exact) mass is 223 g/mol. The summed E-state index contributed by atoms with van der Waals surface area (Å²) in [5.41, 5.74) is 2.83. The molecule has 3 nitrogen and oxygen atoms in total. The highest BCUT2D eigenvalue weighted by molar-refractivity contribution is 5.56. The Bertz CT molecular complexity index is 366. The van der Waals surface area contributed by atoms with Crippen LogP contribution in [-0.2, 0) is 6.42 Å². The van der Waals surface area contributed by atoms with Gasteiger partial charge in [0.2, 0.25) is 0 Å². The Hall–Kier alpha value is -1.22. The van der Waals surface area contributed by atoms with Gasteiger partial charge in [0, 0.05) is 5.56 Å². The zero-order valence-corrected chi connectivity index (χ0v) is 10.3. The average molecular weight is 223 g/mol. The molecule has 0 aliphatic heterocycles. The van der Waals surface area contributed by atoms with E-state index >= 15 is 0 Å². The molecule has 0 saturated heterocycles. The topological polar surface area (TPSA) is 60.7 Å². The molecule has 0 fully saturated rings. The summed E-state index contributed by atoms with van der Waals surface area (Å²) in [5, 5.41) is 29.0. The molecule has 89 valence electrons. The van der Waals surface area contributed by atoms with E-state index in [0.717, 1.165) is 0 Å². The van der Waals surface area contributed by atoms with Gasteiger partial charge in [-0.15, -0.1) is 0 Å². The minimum absolute atomic E-state index is 0.231.